The van der Waals surface area contributed by atoms with Gasteiger partial charge in [0.1, 0.15) is 0 Å². The number of hydrogen-bond donors (Lipinski definition) is 0. The molecule has 2 heteroatoms. The van der Waals surface area contributed by atoms with E-state index in [-0.39, 0.29) is 0 Å². The van der Waals surface area contributed by atoms with Crippen LogP contribution in [0.4, 0.5) is 0 Å². The van der Waals surface area contributed by atoms with E-state index in [1.165, 1.54) is 44.3 Å². The van der Waals surface area contributed by atoms with Gasteiger partial charge in [0.05, 0.1) is 0 Å². The zero-order chi connectivity index (χ0) is 10.1. The second kappa shape index (κ2) is 3.93. The molecule has 0 spiro atoms. The van der Waals surface area contributed by atoms with E-state index in [4.69, 9.17) is 0 Å². The Morgan fingerprint density at radius 2 is 2.27 bits per heavy atom. The number of nitrogens with zero attached hydrogens (tertiary/aromatic N) is 2. The summed E-state index contributed by atoms with van der Waals surface area (Å²) in [5.74, 6) is 0.978. The fourth-order valence-corrected chi connectivity index (χ4v) is 3.14. The summed E-state index contributed by atoms with van der Waals surface area (Å²) in [7, 11) is 0. The van der Waals surface area contributed by atoms with Gasteiger partial charge in [0.25, 0.3) is 0 Å². The first-order valence-electron chi connectivity index (χ1n) is 6.07. The van der Waals surface area contributed by atoms with Crippen LogP contribution in [0.15, 0.2) is 24.5 Å². The Morgan fingerprint density at radius 3 is 3.13 bits per heavy atom. The predicted octanol–water partition coefficient (Wildman–Crippen LogP) is 2.63. The summed E-state index contributed by atoms with van der Waals surface area (Å²) in [5.41, 5.74) is 1.41. The summed E-state index contributed by atoms with van der Waals surface area (Å²) in [4.78, 5) is 6.90. The molecule has 0 aliphatic carbocycles. The highest BCUT2D eigenvalue weighted by Gasteiger charge is 2.31. The summed E-state index contributed by atoms with van der Waals surface area (Å²) >= 11 is 0. The number of rotatable bonds is 1. The lowest BCUT2D eigenvalue weighted by Crippen LogP contribution is -2.42. The molecule has 0 N–H and O–H groups in total. The summed E-state index contributed by atoms with van der Waals surface area (Å²) in [6.07, 6.45) is 9.50. The molecule has 15 heavy (non-hydrogen) atoms. The molecule has 2 fully saturated rings. The van der Waals surface area contributed by atoms with Crippen molar-refractivity contribution in [1.82, 2.24) is 9.88 Å². The highest BCUT2D eigenvalue weighted by atomic mass is 15.2. The van der Waals surface area contributed by atoms with Crippen molar-refractivity contribution < 1.29 is 0 Å². The van der Waals surface area contributed by atoms with Gasteiger partial charge in [-0.3, -0.25) is 9.88 Å². The maximum absolute atomic E-state index is 4.24. The minimum Gasteiger partial charge on any atom is -0.296 e. The van der Waals surface area contributed by atoms with Gasteiger partial charge in [-0.05, 0) is 49.8 Å². The van der Waals surface area contributed by atoms with Gasteiger partial charge < -0.3 is 0 Å². The fourth-order valence-electron chi connectivity index (χ4n) is 3.14. The van der Waals surface area contributed by atoms with E-state index in [0.29, 0.717) is 6.04 Å². The van der Waals surface area contributed by atoms with Gasteiger partial charge in [0, 0.05) is 25.0 Å². The van der Waals surface area contributed by atoms with Gasteiger partial charge in [-0.25, -0.2) is 0 Å². The molecule has 2 saturated heterocycles. The minimum atomic E-state index is 0.648. The molecular formula is C13H18N2. The van der Waals surface area contributed by atoms with E-state index in [0.717, 1.165) is 5.92 Å². The molecule has 1 aromatic heterocycles. The average Bonchev–Trinajstić information content (AvgIpc) is 2.31. The largest absolute Gasteiger partial charge is 0.296 e. The predicted molar refractivity (Wildman–Crippen MR) is 60.5 cm³/mol. The molecule has 3 atom stereocenters. The van der Waals surface area contributed by atoms with E-state index in [2.05, 4.69) is 22.0 Å². The third kappa shape index (κ3) is 1.78. The molecule has 2 aliphatic heterocycles. The lowest BCUT2D eigenvalue weighted by Gasteiger charge is -2.43. The lowest BCUT2D eigenvalue weighted by molar-refractivity contribution is 0.0670. The van der Waals surface area contributed by atoms with Crippen LogP contribution in [0, 0.1) is 5.92 Å². The van der Waals surface area contributed by atoms with Gasteiger partial charge in [-0.1, -0.05) is 6.07 Å². The second-order valence-corrected chi connectivity index (χ2v) is 4.88. The Labute approximate surface area is 91.3 Å². The maximum Gasteiger partial charge on any atom is 0.0363 e. The Hall–Kier alpha value is -0.890. The van der Waals surface area contributed by atoms with Gasteiger partial charge in [0.15, 0.2) is 0 Å². The van der Waals surface area contributed by atoms with Crippen molar-refractivity contribution in [1.29, 1.82) is 0 Å². The van der Waals surface area contributed by atoms with Crippen LogP contribution in [-0.2, 0) is 0 Å². The molecule has 2 bridgehead atoms. The quantitative estimate of drug-likeness (QED) is 0.696. The van der Waals surface area contributed by atoms with Crippen molar-refractivity contribution in [2.75, 3.05) is 13.1 Å². The average molecular weight is 202 g/mol. The Balaban J connectivity index is 1.81. The summed E-state index contributed by atoms with van der Waals surface area (Å²) in [5, 5.41) is 0. The maximum atomic E-state index is 4.24. The molecule has 0 radical (unpaired) electrons. The zero-order valence-corrected chi connectivity index (χ0v) is 9.10. The summed E-state index contributed by atoms with van der Waals surface area (Å²) in [6, 6.07) is 4.94. The summed E-state index contributed by atoms with van der Waals surface area (Å²) in [6.45, 7) is 2.61. The van der Waals surface area contributed by atoms with Crippen LogP contribution in [-0.4, -0.2) is 23.0 Å². The molecule has 2 aliphatic rings. The van der Waals surface area contributed by atoms with Crippen LogP contribution in [0.1, 0.15) is 37.3 Å². The molecule has 0 saturated carbocycles. The number of fused-ring (bicyclic) bond motifs is 2. The van der Waals surface area contributed by atoms with Crippen LogP contribution >= 0.6 is 0 Å². The number of hydrogen-bond acceptors (Lipinski definition) is 2. The summed E-state index contributed by atoms with van der Waals surface area (Å²) < 4.78 is 0. The topological polar surface area (TPSA) is 16.1 Å². The van der Waals surface area contributed by atoms with Crippen LogP contribution in [0.3, 0.4) is 0 Å². The standard InChI is InChI=1S/C13H18N2/c1-4-12(9-14-7-1)13-6-5-11-3-2-8-15(13)10-11/h1,4,7,9,11,13H,2-3,5-6,8,10H2. The van der Waals surface area contributed by atoms with Crippen LogP contribution in [0.25, 0.3) is 0 Å². The first kappa shape index (κ1) is 9.34. The SMILES string of the molecule is c1cncc(C2CCC3CCCN2C3)c1. The van der Waals surface area contributed by atoms with Crippen LogP contribution in [0.2, 0.25) is 0 Å². The van der Waals surface area contributed by atoms with E-state index in [1.54, 1.807) is 0 Å². The Bertz CT molecular complexity index is 323. The van der Waals surface area contributed by atoms with Crippen molar-refractivity contribution in [2.45, 2.75) is 31.7 Å². The van der Waals surface area contributed by atoms with E-state index in [9.17, 15) is 0 Å². The van der Waals surface area contributed by atoms with Crippen LogP contribution in [0.5, 0.6) is 0 Å². The van der Waals surface area contributed by atoms with Gasteiger partial charge >= 0.3 is 0 Å². The first-order valence-corrected chi connectivity index (χ1v) is 6.07. The minimum absolute atomic E-state index is 0.648. The molecule has 3 rings (SSSR count). The molecular weight excluding hydrogens is 184 g/mol. The smallest absolute Gasteiger partial charge is 0.0363 e. The van der Waals surface area contributed by atoms with Gasteiger partial charge in [0.2, 0.25) is 0 Å². The number of pyridine rings is 1. The van der Waals surface area contributed by atoms with Crippen LogP contribution < -0.4 is 0 Å². The van der Waals surface area contributed by atoms with E-state index >= 15 is 0 Å². The fraction of sp³-hybridized carbons (Fsp3) is 0.615. The molecule has 3 unspecified atom stereocenters. The second-order valence-electron chi connectivity index (χ2n) is 4.88. The third-order valence-electron chi connectivity index (χ3n) is 3.91. The molecule has 0 aromatic carbocycles. The molecule has 1 aromatic rings. The van der Waals surface area contributed by atoms with Crippen molar-refractivity contribution in [3.05, 3.63) is 30.1 Å². The number of piperidine rings is 2. The molecule has 2 nitrogen and oxygen atoms in total. The van der Waals surface area contributed by atoms with Crippen molar-refractivity contribution >= 4 is 0 Å². The van der Waals surface area contributed by atoms with Gasteiger partial charge in [-0.15, -0.1) is 0 Å². The number of aromatic nitrogens is 1. The van der Waals surface area contributed by atoms with E-state index < -0.39 is 0 Å². The Kier molecular flexibility index (Phi) is 2.45. The highest BCUT2D eigenvalue weighted by molar-refractivity contribution is 5.15. The van der Waals surface area contributed by atoms with E-state index in [1.807, 2.05) is 12.4 Å². The van der Waals surface area contributed by atoms with Crippen molar-refractivity contribution in [3.8, 4) is 0 Å². The van der Waals surface area contributed by atoms with Crippen molar-refractivity contribution in [2.24, 2.45) is 5.92 Å². The monoisotopic (exact) mass is 202 g/mol. The normalized spacial score (nSPS) is 35.1. The molecule has 80 valence electrons. The molecule has 3 heterocycles. The highest BCUT2D eigenvalue weighted by Crippen LogP contribution is 2.37. The first-order chi connectivity index (χ1) is 7.43. The lowest BCUT2D eigenvalue weighted by atomic mass is 9.84. The molecule has 0 amide bonds. The zero-order valence-electron chi connectivity index (χ0n) is 9.10. The van der Waals surface area contributed by atoms with Crippen molar-refractivity contribution in [3.63, 3.8) is 0 Å². The third-order valence-corrected chi connectivity index (χ3v) is 3.91. The van der Waals surface area contributed by atoms with Gasteiger partial charge in [-0.2, -0.15) is 0 Å². The Morgan fingerprint density at radius 1 is 1.27 bits per heavy atom.